The van der Waals surface area contributed by atoms with Crippen LogP contribution >= 0.6 is 0 Å². The smallest absolute Gasteiger partial charge is 0.337 e. The number of nitrogens with zero attached hydrogens (tertiary/aromatic N) is 2. The average Bonchev–Trinajstić information content (AvgIpc) is 2.46. The molecule has 2 rings (SSSR count). The van der Waals surface area contributed by atoms with Crippen LogP contribution < -0.4 is 0 Å². The van der Waals surface area contributed by atoms with Gasteiger partial charge in [0, 0.05) is 24.0 Å². The number of ether oxygens (including phenoxy) is 1. The molecule has 0 fully saturated rings. The highest BCUT2D eigenvalue weighted by Gasteiger charge is 2.18. The van der Waals surface area contributed by atoms with Gasteiger partial charge in [-0.15, -0.1) is 0 Å². The van der Waals surface area contributed by atoms with E-state index in [0.717, 1.165) is 0 Å². The Balaban J connectivity index is 2.61. The number of pyridine rings is 1. The van der Waals surface area contributed by atoms with Crippen LogP contribution in [0.1, 0.15) is 10.4 Å². The number of carbonyl (C=O) groups excluding carboxylic acids is 1. The van der Waals surface area contributed by atoms with Crippen molar-refractivity contribution in [3.63, 3.8) is 0 Å². The van der Waals surface area contributed by atoms with Gasteiger partial charge in [-0.25, -0.2) is 4.79 Å². The molecular weight excluding hydrogens is 248 g/mol. The third-order valence-electron chi connectivity index (χ3n) is 2.59. The molecular formula is C13H10N2O4. The van der Waals surface area contributed by atoms with Crippen LogP contribution in [0.2, 0.25) is 0 Å². The predicted molar refractivity (Wildman–Crippen MR) is 67.7 cm³/mol. The van der Waals surface area contributed by atoms with Gasteiger partial charge in [0.1, 0.15) is 0 Å². The molecule has 0 atom stereocenters. The molecule has 0 radical (unpaired) electrons. The van der Waals surface area contributed by atoms with Crippen LogP contribution in [-0.4, -0.2) is 23.0 Å². The maximum Gasteiger partial charge on any atom is 0.337 e. The molecule has 0 unspecified atom stereocenters. The van der Waals surface area contributed by atoms with Crippen molar-refractivity contribution >= 4 is 11.7 Å². The molecule has 0 aliphatic carbocycles. The van der Waals surface area contributed by atoms with E-state index in [4.69, 9.17) is 0 Å². The number of nitro groups is 1. The minimum Gasteiger partial charge on any atom is -0.465 e. The van der Waals surface area contributed by atoms with Crippen molar-refractivity contribution in [1.82, 2.24) is 4.98 Å². The van der Waals surface area contributed by atoms with Gasteiger partial charge in [-0.2, -0.15) is 0 Å². The standard InChI is InChI=1S/C13H10N2O4/c1-19-13(16)9-4-5-12(15(17)18)11(7-9)10-3-2-6-14-8-10/h2-8H,1H3. The Bertz CT molecular complexity index is 626. The first-order chi connectivity index (χ1) is 9.13. The van der Waals surface area contributed by atoms with Gasteiger partial charge in [0.15, 0.2) is 0 Å². The van der Waals surface area contributed by atoms with Crippen molar-refractivity contribution in [3.05, 3.63) is 58.4 Å². The van der Waals surface area contributed by atoms with Crippen molar-refractivity contribution in [3.8, 4) is 11.1 Å². The van der Waals surface area contributed by atoms with E-state index in [0.29, 0.717) is 11.1 Å². The molecule has 0 saturated carbocycles. The molecule has 1 heterocycles. The number of aromatic nitrogens is 1. The molecule has 19 heavy (non-hydrogen) atoms. The van der Waals surface area contributed by atoms with Gasteiger partial charge in [-0.05, 0) is 18.2 Å². The monoisotopic (exact) mass is 258 g/mol. The zero-order chi connectivity index (χ0) is 13.8. The zero-order valence-corrected chi connectivity index (χ0v) is 10.1. The maximum absolute atomic E-state index is 11.5. The SMILES string of the molecule is COC(=O)c1ccc([N+](=O)[O-])c(-c2cccnc2)c1. The summed E-state index contributed by atoms with van der Waals surface area (Å²) >= 11 is 0. The van der Waals surface area contributed by atoms with E-state index >= 15 is 0 Å². The first-order valence-electron chi connectivity index (χ1n) is 5.40. The molecule has 0 N–H and O–H groups in total. The van der Waals surface area contributed by atoms with Crippen molar-refractivity contribution in [2.75, 3.05) is 7.11 Å². The fourth-order valence-corrected chi connectivity index (χ4v) is 1.69. The van der Waals surface area contributed by atoms with E-state index in [1.54, 1.807) is 18.3 Å². The summed E-state index contributed by atoms with van der Waals surface area (Å²) in [4.78, 5) is 25.9. The van der Waals surface area contributed by atoms with Gasteiger partial charge < -0.3 is 4.74 Å². The first-order valence-corrected chi connectivity index (χ1v) is 5.40. The van der Waals surface area contributed by atoms with Crippen LogP contribution in [0.15, 0.2) is 42.7 Å². The lowest BCUT2D eigenvalue weighted by Crippen LogP contribution is -2.02. The van der Waals surface area contributed by atoms with Crippen LogP contribution in [0, 0.1) is 10.1 Å². The van der Waals surface area contributed by atoms with Crippen molar-refractivity contribution in [2.24, 2.45) is 0 Å². The quantitative estimate of drug-likeness (QED) is 0.479. The summed E-state index contributed by atoms with van der Waals surface area (Å²) < 4.78 is 4.60. The predicted octanol–water partition coefficient (Wildman–Crippen LogP) is 2.44. The van der Waals surface area contributed by atoms with E-state index < -0.39 is 10.9 Å². The number of carbonyl (C=O) groups is 1. The molecule has 0 bridgehead atoms. The second kappa shape index (κ2) is 5.26. The highest BCUT2D eigenvalue weighted by atomic mass is 16.6. The fourth-order valence-electron chi connectivity index (χ4n) is 1.69. The van der Waals surface area contributed by atoms with Gasteiger partial charge >= 0.3 is 5.97 Å². The molecule has 0 aliphatic heterocycles. The second-order valence-corrected chi connectivity index (χ2v) is 3.72. The molecule has 1 aromatic heterocycles. The van der Waals surface area contributed by atoms with Gasteiger partial charge in [-0.3, -0.25) is 15.1 Å². The second-order valence-electron chi connectivity index (χ2n) is 3.72. The molecule has 96 valence electrons. The number of hydrogen-bond donors (Lipinski definition) is 0. The van der Waals surface area contributed by atoms with Crippen LogP contribution in [0.4, 0.5) is 5.69 Å². The summed E-state index contributed by atoms with van der Waals surface area (Å²) in [6, 6.07) is 7.44. The Morgan fingerprint density at radius 1 is 1.37 bits per heavy atom. The van der Waals surface area contributed by atoms with Gasteiger partial charge in [0.2, 0.25) is 0 Å². The lowest BCUT2D eigenvalue weighted by Gasteiger charge is -2.05. The molecule has 0 amide bonds. The number of esters is 1. The normalized spacial score (nSPS) is 9.95. The van der Waals surface area contributed by atoms with Crippen molar-refractivity contribution in [2.45, 2.75) is 0 Å². The van der Waals surface area contributed by atoms with E-state index in [1.807, 2.05) is 0 Å². The number of hydrogen-bond acceptors (Lipinski definition) is 5. The summed E-state index contributed by atoms with van der Waals surface area (Å²) in [5, 5.41) is 11.0. The Labute approximate surface area is 108 Å². The Morgan fingerprint density at radius 3 is 2.74 bits per heavy atom. The lowest BCUT2D eigenvalue weighted by atomic mass is 10.0. The van der Waals surface area contributed by atoms with E-state index in [2.05, 4.69) is 9.72 Å². The first kappa shape index (κ1) is 12.7. The highest BCUT2D eigenvalue weighted by Crippen LogP contribution is 2.30. The molecule has 2 aromatic rings. The topological polar surface area (TPSA) is 82.3 Å². The van der Waals surface area contributed by atoms with Gasteiger partial charge in [-0.1, -0.05) is 6.07 Å². The Kier molecular flexibility index (Phi) is 3.51. The molecule has 0 spiro atoms. The average molecular weight is 258 g/mol. The van der Waals surface area contributed by atoms with E-state index in [9.17, 15) is 14.9 Å². The van der Waals surface area contributed by atoms with E-state index in [-0.39, 0.29) is 11.3 Å². The molecule has 1 aromatic carbocycles. The summed E-state index contributed by atoms with van der Waals surface area (Å²) in [5.74, 6) is -0.542. The van der Waals surface area contributed by atoms with E-state index in [1.165, 1.54) is 31.5 Å². The number of rotatable bonds is 3. The van der Waals surface area contributed by atoms with Crippen LogP contribution in [-0.2, 0) is 4.74 Å². The van der Waals surface area contributed by atoms with Crippen LogP contribution in [0.3, 0.4) is 0 Å². The molecule has 0 aliphatic rings. The third kappa shape index (κ3) is 2.57. The largest absolute Gasteiger partial charge is 0.465 e. The van der Waals surface area contributed by atoms with Crippen molar-refractivity contribution in [1.29, 1.82) is 0 Å². The van der Waals surface area contributed by atoms with Crippen LogP contribution in [0.5, 0.6) is 0 Å². The number of benzene rings is 1. The van der Waals surface area contributed by atoms with Gasteiger partial charge in [0.05, 0.1) is 23.2 Å². The summed E-state index contributed by atoms with van der Waals surface area (Å²) in [5.41, 5.74) is 1.08. The molecule has 0 saturated heterocycles. The maximum atomic E-state index is 11.5. The fraction of sp³-hybridized carbons (Fsp3) is 0.0769. The molecule has 6 heteroatoms. The number of methoxy groups -OCH3 is 1. The summed E-state index contributed by atoms with van der Waals surface area (Å²) in [7, 11) is 1.26. The molecule has 6 nitrogen and oxygen atoms in total. The van der Waals surface area contributed by atoms with Crippen molar-refractivity contribution < 1.29 is 14.5 Å². The zero-order valence-electron chi connectivity index (χ0n) is 10.1. The summed E-state index contributed by atoms with van der Waals surface area (Å²) in [6.07, 6.45) is 3.07. The Hall–Kier alpha value is -2.76. The minimum atomic E-state index is -0.542. The number of nitro benzene ring substituents is 1. The summed E-state index contributed by atoms with van der Waals surface area (Å²) in [6.45, 7) is 0. The Morgan fingerprint density at radius 2 is 2.16 bits per heavy atom. The minimum absolute atomic E-state index is 0.0827. The third-order valence-corrected chi connectivity index (χ3v) is 2.59. The van der Waals surface area contributed by atoms with Crippen LogP contribution in [0.25, 0.3) is 11.1 Å². The lowest BCUT2D eigenvalue weighted by molar-refractivity contribution is -0.384. The van der Waals surface area contributed by atoms with Gasteiger partial charge in [0.25, 0.3) is 5.69 Å². The highest BCUT2D eigenvalue weighted by molar-refractivity contribution is 5.92.